The lowest BCUT2D eigenvalue weighted by Gasteiger charge is -2.40. The Bertz CT molecular complexity index is 115. The highest BCUT2D eigenvalue weighted by Crippen LogP contribution is 2.11. The summed E-state index contributed by atoms with van der Waals surface area (Å²) in [5.74, 6) is 0. The predicted octanol–water partition coefficient (Wildman–Crippen LogP) is -0.0828. The Balaban J connectivity index is 1.80. The van der Waals surface area contributed by atoms with Crippen molar-refractivity contribution in [2.45, 2.75) is 12.8 Å². The Kier molecular flexibility index (Phi) is 2.41. The van der Waals surface area contributed by atoms with Crippen LogP contribution in [0.15, 0.2) is 0 Å². The van der Waals surface area contributed by atoms with Crippen LogP contribution in [-0.4, -0.2) is 49.3 Å². The molecule has 0 amide bonds. The lowest BCUT2D eigenvalue weighted by molar-refractivity contribution is -0.0674. The van der Waals surface area contributed by atoms with Crippen LogP contribution in [-0.2, 0) is 0 Å². The zero-order valence-corrected chi connectivity index (χ0v) is 7.00. The smallest absolute Gasteiger partial charge is 0.0275 e. The highest BCUT2D eigenvalue weighted by Gasteiger charge is 2.21. The molecule has 2 rings (SSSR count). The lowest BCUT2D eigenvalue weighted by Crippen LogP contribution is -2.51. The Morgan fingerprint density at radius 2 is 1.45 bits per heavy atom. The highest BCUT2D eigenvalue weighted by molar-refractivity contribution is 4.70. The van der Waals surface area contributed by atoms with Crippen molar-refractivity contribution in [1.82, 2.24) is 15.3 Å². The minimum absolute atomic E-state index is 1.04. The summed E-state index contributed by atoms with van der Waals surface area (Å²) in [4.78, 5) is 0. The van der Waals surface area contributed by atoms with E-state index in [1.54, 1.807) is 0 Å². The van der Waals surface area contributed by atoms with Crippen LogP contribution in [0.2, 0.25) is 0 Å². The van der Waals surface area contributed by atoms with Crippen LogP contribution in [0.1, 0.15) is 12.8 Å². The molecule has 2 heterocycles. The maximum absolute atomic E-state index is 4.39. The van der Waals surface area contributed by atoms with Crippen molar-refractivity contribution in [2.24, 2.45) is 0 Å². The van der Waals surface area contributed by atoms with E-state index >= 15 is 0 Å². The fourth-order valence-corrected chi connectivity index (χ4v) is 1.64. The maximum atomic E-state index is 4.39. The van der Waals surface area contributed by atoms with Gasteiger partial charge in [-0.05, 0) is 12.8 Å². The number of nitrogens with zero attached hydrogens (tertiary/aromatic N) is 3. The van der Waals surface area contributed by atoms with Crippen molar-refractivity contribution in [3.63, 3.8) is 0 Å². The van der Waals surface area contributed by atoms with Crippen molar-refractivity contribution < 1.29 is 0 Å². The van der Waals surface area contributed by atoms with Crippen molar-refractivity contribution in [3.8, 4) is 0 Å². The van der Waals surface area contributed by atoms with Gasteiger partial charge in [-0.3, -0.25) is 0 Å². The summed E-state index contributed by atoms with van der Waals surface area (Å²) in [5, 5.41) is 9.32. The molecule has 0 spiro atoms. The summed E-state index contributed by atoms with van der Waals surface area (Å²) in [6, 6.07) is 0. The van der Waals surface area contributed by atoms with E-state index in [4.69, 9.17) is 0 Å². The first-order chi connectivity index (χ1) is 5.47. The van der Waals surface area contributed by atoms with Gasteiger partial charge in [0, 0.05) is 39.3 Å². The Morgan fingerprint density at radius 1 is 0.727 bits per heavy atom. The Labute approximate surface area is 68.3 Å². The van der Waals surface area contributed by atoms with E-state index in [0.29, 0.717) is 0 Å². The van der Waals surface area contributed by atoms with Crippen LogP contribution in [0, 0.1) is 0 Å². The van der Waals surface area contributed by atoms with Gasteiger partial charge in [-0.25, -0.2) is 15.3 Å². The largest absolute Gasteiger partial charge is 0.242 e. The van der Waals surface area contributed by atoms with E-state index in [0.717, 1.165) is 19.6 Å². The molecule has 3 heteroatoms. The van der Waals surface area contributed by atoms with Crippen LogP contribution in [0.5, 0.6) is 0 Å². The third-order valence-electron chi connectivity index (χ3n) is 2.48. The molecule has 0 aromatic heterocycles. The molecule has 2 saturated heterocycles. The molecule has 0 N–H and O–H groups in total. The van der Waals surface area contributed by atoms with E-state index < -0.39 is 0 Å². The average molecular weight is 154 g/mol. The predicted molar refractivity (Wildman–Crippen MR) is 44.2 cm³/mol. The Hall–Kier alpha value is -0.120. The topological polar surface area (TPSA) is 20.6 Å². The second-order valence-corrected chi connectivity index (χ2v) is 3.29. The van der Waals surface area contributed by atoms with E-state index in [1.807, 2.05) is 0 Å². The minimum Gasteiger partial charge on any atom is -0.242 e. The third kappa shape index (κ3) is 1.72. The van der Waals surface area contributed by atoms with Gasteiger partial charge < -0.3 is 0 Å². The van der Waals surface area contributed by atoms with Gasteiger partial charge in [0.15, 0.2) is 0 Å². The average Bonchev–Trinajstić information content (AvgIpc) is 2.12. The lowest BCUT2D eigenvalue weighted by atomic mass is 10.3. The van der Waals surface area contributed by atoms with Gasteiger partial charge in [-0.2, -0.15) is 0 Å². The Morgan fingerprint density at radius 3 is 2.18 bits per heavy atom. The molecule has 63 valence electrons. The number of hydrazine groups is 1. The van der Waals surface area contributed by atoms with Gasteiger partial charge in [-0.15, -0.1) is 0 Å². The molecule has 11 heavy (non-hydrogen) atoms. The molecule has 0 saturated carbocycles. The van der Waals surface area contributed by atoms with Gasteiger partial charge in [0.1, 0.15) is 0 Å². The van der Waals surface area contributed by atoms with Gasteiger partial charge in [0.2, 0.25) is 0 Å². The van der Waals surface area contributed by atoms with Gasteiger partial charge >= 0.3 is 0 Å². The molecule has 0 unspecified atom stereocenters. The molecular formula is C8H16N3. The molecular weight excluding hydrogens is 138 g/mol. The third-order valence-corrected chi connectivity index (χ3v) is 2.48. The molecule has 1 radical (unpaired) electrons. The fraction of sp³-hybridized carbons (Fsp3) is 1.00. The first kappa shape index (κ1) is 7.53. The summed E-state index contributed by atoms with van der Waals surface area (Å²) < 4.78 is 0. The summed E-state index contributed by atoms with van der Waals surface area (Å²) in [6.07, 6.45) is 2.63. The minimum atomic E-state index is 1.04. The van der Waals surface area contributed by atoms with E-state index in [9.17, 15) is 0 Å². The standard InChI is InChI=1S/C8H16N3/c1-3-9-4-8-11(5-1)10-6-2-7-10/h1-8H2. The highest BCUT2D eigenvalue weighted by atomic mass is 15.6. The van der Waals surface area contributed by atoms with Crippen LogP contribution in [0.25, 0.3) is 0 Å². The maximum Gasteiger partial charge on any atom is 0.0275 e. The summed E-state index contributed by atoms with van der Waals surface area (Å²) in [7, 11) is 0. The van der Waals surface area contributed by atoms with Crippen LogP contribution >= 0.6 is 0 Å². The molecule has 0 atom stereocenters. The first-order valence-corrected chi connectivity index (χ1v) is 4.60. The van der Waals surface area contributed by atoms with Crippen LogP contribution < -0.4 is 5.32 Å². The first-order valence-electron chi connectivity index (χ1n) is 4.60. The molecule has 2 fully saturated rings. The molecule has 0 aromatic carbocycles. The SMILES string of the molecule is C1CN(N2CCC[N]CC2)C1. The monoisotopic (exact) mass is 154 g/mol. The van der Waals surface area contributed by atoms with Crippen LogP contribution in [0.4, 0.5) is 0 Å². The molecule has 3 nitrogen and oxygen atoms in total. The number of rotatable bonds is 1. The van der Waals surface area contributed by atoms with Crippen molar-refractivity contribution in [2.75, 3.05) is 39.3 Å². The summed E-state index contributed by atoms with van der Waals surface area (Å²) >= 11 is 0. The molecule has 0 aromatic rings. The normalized spacial score (nSPS) is 29.5. The van der Waals surface area contributed by atoms with Crippen molar-refractivity contribution in [1.29, 1.82) is 0 Å². The molecule has 0 aliphatic carbocycles. The summed E-state index contributed by atoms with van der Waals surface area (Å²) in [6.45, 7) is 7.05. The van der Waals surface area contributed by atoms with Gasteiger partial charge in [0.25, 0.3) is 0 Å². The van der Waals surface area contributed by atoms with E-state index in [1.165, 1.54) is 32.5 Å². The number of hydrogen-bond acceptors (Lipinski definition) is 2. The number of hydrogen-bond donors (Lipinski definition) is 0. The second kappa shape index (κ2) is 3.52. The quantitative estimate of drug-likeness (QED) is 0.526. The molecule has 0 bridgehead atoms. The van der Waals surface area contributed by atoms with Gasteiger partial charge in [0.05, 0.1) is 0 Å². The van der Waals surface area contributed by atoms with Crippen LogP contribution in [0.3, 0.4) is 0 Å². The zero-order valence-electron chi connectivity index (χ0n) is 7.00. The van der Waals surface area contributed by atoms with E-state index in [-0.39, 0.29) is 0 Å². The molecule has 2 aliphatic heterocycles. The molecule has 2 aliphatic rings. The van der Waals surface area contributed by atoms with Crippen molar-refractivity contribution >= 4 is 0 Å². The zero-order chi connectivity index (χ0) is 7.52. The van der Waals surface area contributed by atoms with Gasteiger partial charge in [-0.1, -0.05) is 0 Å². The fourth-order valence-electron chi connectivity index (χ4n) is 1.64. The van der Waals surface area contributed by atoms with E-state index in [2.05, 4.69) is 15.3 Å². The van der Waals surface area contributed by atoms with Crippen molar-refractivity contribution in [3.05, 3.63) is 0 Å². The second-order valence-electron chi connectivity index (χ2n) is 3.29. The summed E-state index contributed by atoms with van der Waals surface area (Å²) in [5.41, 5.74) is 0.